The predicted octanol–water partition coefficient (Wildman–Crippen LogP) is 5.90. The highest BCUT2D eigenvalue weighted by molar-refractivity contribution is 9.10. The summed E-state index contributed by atoms with van der Waals surface area (Å²) in [7, 11) is 0. The van der Waals surface area contributed by atoms with Crippen LogP contribution in [0.1, 0.15) is 34.3 Å². The van der Waals surface area contributed by atoms with E-state index in [0.29, 0.717) is 71.9 Å². The Kier molecular flexibility index (Phi) is 9.05. The van der Waals surface area contributed by atoms with Crippen molar-refractivity contribution in [3.8, 4) is 0 Å². The maximum absolute atomic E-state index is 13.9. The highest BCUT2D eigenvalue weighted by Crippen LogP contribution is 2.43. The highest BCUT2D eigenvalue weighted by atomic mass is 79.9. The predicted molar refractivity (Wildman–Crippen MR) is 175 cm³/mol. The maximum atomic E-state index is 13.9. The first-order valence-corrected chi connectivity index (χ1v) is 16.1. The number of hydrogen-bond acceptors (Lipinski definition) is 5. The molecule has 6 rings (SSSR count). The van der Waals surface area contributed by atoms with Gasteiger partial charge in [0.05, 0.1) is 18.8 Å². The van der Waals surface area contributed by atoms with E-state index in [0.717, 1.165) is 22.9 Å². The summed E-state index contributed by atoms with van der Waals surface area (Å²) in [6.07, 6.45) is 1.81. The second-order valence-electron chi connectivity index (χ2n) is 11.3. The van der Waals surface area contributed by atoms with Crippen LogP contribution in [0.25, 0.3) is 0 Å². The van der Waals surface area contributed by atoms with Crippen molar-refractivity contribution in [2.24, 2.45) is 0 Å². The van der Waals surface area contributed by atoms with Gasteiger partial charge < -0.3 is 30.5 Å². The van der Waals surface area contributed by atoms with E-state index in [2.05, 4.69) is 31.9 Å². The van der Waals surface area contributed by atoms with Crippen molar-refractivity contribution in [2.75, 3.05) is 50.0 Å². The SMILES string of the molecule is O=C(NC1CCCN(C(=O)N2CCOCC2)C1)c1ccc(Br)cc1NC1(Cc2cccc(Cl)c2)C(=O)Nc2cc(Cl)ccc21. The second-order valence-corrected chi connectivity index (χ2v) is 13.1. The van der Waals surface area contributed by atoms with Gasteiger partial charge in [0.1, 0.15) is 5.54 Å². The minimum atomic E-state index is -1.26. The summed E-state index contributed by atoms with van der Waals surface area (Å²) in [5.74, 6) is -0.566. The lowest BCUT2D eigenvalue weighted by atomic mass is 9.84. The van der Waals surface area contributed by atoms with Crippen molar-refractivity contribution in [3.05, 3.63) is 91.9 Å². The van der Waals surface area contributed by atoms with Crippen molar-refractivity contribution in [1.29, 1.82) is 0 Å². The van der Waals surface area contributed by atoms with Gasteiger partial charge in [-0.2, -0.15) is 0 Å². The molecule has 9 nitrogen and oxygen atoms in total. The smallest absolute Gasteiger partial charge is 0.320 e. The van der Waals surface area contributed by atoms with Crippen LogP contribution in [-0.4, -0.2) is 73.1 Å². The molecule has 230 valence electrons. The Morgan fingerprint density at radius 2 is 1.80 bits per heavy atom. The number of rotatable bonds is 6. The monoisotopic (exact) mass is 699 g/mol. The van der Waals surface area contributed by atoms with Crippen LogP contribution in [0.2, 0.25) is 10.0 Å². The molecule has 12 heteroatoms. The third-order valence-electron chi connectivity index (χ3n) is 8.32. The van der Waals surface area contributed by atoms with Gasteiger partial charge in [0.15, 0.2) is 0 Å². The zero-order valence-electron chi connectivity index (χ0n) is 23.9. The van der Waals surface area contributed by atoms with Gasteiger partial charge in [-0.15, -0.1) is 0 Å². The fourth-order valence-corrected chi connectivity index (χ4v) is 6.92. The Balaban J connectivity index is 1.28. The number of piperidine rings is 1. The van der Waals surface area contributed by atoms with Crippen LogP contribution in [0.5, 0.6) is 0 Å². The molecular formula is C32H32BrCl2N5O4. The summed E-state index contributed by atoms with van der Waals surface area (Å²) in [6.45, 7) is 3.29. The van der Waals surface area contributed by atoms with Crippen molar-refractivity contribution >= 4 is 68.4 Å². The van der Waals surface area contributed by atoms with E-state index in [1.807, 2.05) is 34.1 Å². The number of amides is 4. The largest absolute Gasteiger partial charge is 0.378 e. The van der Waals surface area contributed by atoms with E-state index < -0.39 is 5.54 Å². The molecule has 4 amide bonds. The number of urea groups is 1. The quantitative estimate of drug-likeness (QED) is 0.297. The Hall–Kier alpha value is -3.31. The van der Waals surface area contributed by atoms with Gasteiger partial charge in [0, 0.05) is 70.1 Å². The van der Waals surface area contributed by atoms with Crippen molar-refractivity contribution in [2.45, 2.75) is 30.8 Å². The molecular weight excluding hydrogens is 669 g/mol. The second kappa shape index (κ2) is 13.0. The van der Waals surface area contributed by atoms with Gasteiger partial charge in [-0.25, -0.2) is 4.79 Å². The number of morpholine rings is 1. The molecule has 2 saturated heterocycles. The molecule has 0 aliphatic carbocycles. The van der Waals surface area contributed by atoms with Gasteiger partial charge in [0.25, 0.3) is 11.8 Å². The molecule has 3 aromatic rings. The minimum absolute atomic E-state index is 0.0211. The molecule has 0 radical (unpaired) electrons. The number of anilines is 2. The Bertz CT molecular complexity index is 1600. The van der Waals surface area contributed by atoms with Crippen LogP contribution in [0.15, 0.2) is 65.1 Å². The van der Waals surface area contributed by atoms with Crippen LogP contribution < -0.4 is 16.0 Å². The standard InChI is InChI=1S/C32H32BrCl2N5O4/c33-21-6-8-25(29(41)36-24-5-2-10-40(19-24)31(43)39-11-13-44-14-12-39)27(16-21)38-32(18-20-3-1-4-22(34)15-20)26-9-7-23(35)17-28(26)37-30(32)42/h1,3-4,6-9,15-17,24,38H,2,5,10-14,18-19H2,(H,36,41)(H,37,42). The first-order chi connectivity index (χ1) is 21.2. The number of halogens is 3. The molecule has 2 fully saturated rings. The van der Waals surface area contributed by atoms with Gasteiger partial charge in [-0.1, -0.05) is 57.3 Å². The lowest BCUT2D eigenvalue weighted by molar-refractivity contribution is -0.119. The molecule has 44 heavy (non-hydrogen) atoms. The number of likely N-dealkylation sites (tertiary alicyclic amines) is 1. The van der Waals surface area contributed by atoms with Crippen LogP contribution in [0.3, 0.4) is 0 Å². The van der Waals surface area contributed by atoms with Crippen molar-refractivity contribution in [1.82, 2.24) is 15.1 Å². The van der Waals surface area contributed by atoms with Gasteiger partial charge in [0.2, 0.25) is 0 Å². The molecule has 3 aliphatic rings. The van der Waals surface area contributed by atoms with Gasteiger partial charge in [-0.3, -0.25) is 9.59 Å². The fraction of sp³-hybridized carbons (Fsp3) is 0.344. The normalized spacial score (nSPS) is 21.4. The molecule has 2 atom stereocenters. The number of nitrogens with zero attached hydrogens (tertiary/aromatic N) is 2. The summed E-state index contributed by atoms with van der Waals surface area (Å²) < 4.78 is 6.13. The molecule has 0 aromatic heterocycles. The number of benzene rings is 3. The van der Waals surface area contributed by atoms with Crippen LogP contribution in [0, 0.1) is 0 Å². The number of fused-ring (bicyclic) bond motifs is 1. The molecule has 3 aliphatic heterocycles. The van der Waals surface area contributed by atoms with E-state index >= 15 is 0 Å². The van der Waals surface area contributed by atoms with E-state index in [-0.39, 0.29) is 30.3 Å². The average Bonchev–Trinajstić information content (AvgIpc) is 3.26. The Morgan fingerprint density at radius 1 is 1.00 bits per heavy atom. The number of ether oxygens (including phenoxy) is 1. The molecule has 0 bridgehead atoms. The van der Waals surface area contributed by atoms with E-state index in [1.165, 1.54) is 0 Å². The summed E-state index contributed by atoms with van der Waals surface area (Å²) in [4.78, 5) is 44.4. The molecule has 2 unspecified atom stereocenters. The van der Waals surface area contributed by atoms with Crippen LogP contribution >= 0.6 is 39.1 Å². The molecule has 3 heterocycles. The lowest BCUT2D eigenvalue weighted by Crippen LogP contribution is -2.55. The summed E-state index contributed by atoms with van der Waals surface area (Å²) >= 11 is 16.1. The number of nitrogens with one attached hydrogen (secondary N) is 3. The minimum Gasteiger partial charge on any atom is -0.378 e. The Morgan fingerprint density at radius 3 is 2.59 bits per heavy atom. The third-order valence-corrected chi connectivity index (χ3v) is 9.28. The first kappa shape index (κ1) is 30.7. The third kappa shape index (κ3) is 6.40. The first-order valence-electron chi connectivity index (χ1n) is 14.6. The summed E-state index contributed by atoms with van der Waals surface area (Å²) in [5.41, 5.74) is 1.76. The van der Waals surface area contributed by atoms with Gasteiger partial charge >= 0.3 is 6.03 Å². The number of hydrogen-bond donors (Lipinski definition) is 3. The molecule has 3 aromatic carbocycles. The van der Waals surface area contributed by atoms with Crippen molar-refractivity contribution < 1.29 is 19.1 Å². The highest BCUT2D eigenvalue weighted by Gasteiger charge is 2.47. The van der Waals surface area contributed by atoms with Crippen LogP contribution in [0.4, 0.5) is 16.2 Å². The topological polar surface area (TPSA) is 103 Å². The summed E-state index contributed by atoms with van der Waals surface area (Å²) in [5, 5.41) is 10.7. The average molecular weight is 701 g/mol. The van der Waals surface area contributed by atoms with Gasteiger partial charge in [-0.05, 0) is 60.9 Å². The molecule has 3 N–H and O–H groups in total. The Labute approximate surface area is 274 Å². The number of carbonyl (C=O) groups excluding carboxylic acids is 3. The maximum Gasteiger partial charge on any atom is 0.320 e. The zero-order valence-corrected chi connectivity index (χ0v) is 27.0. The van der Waals surface area contributed by atoms with Crippen LogP contribution in [-0.2, 0) is 21.5 Å². The van der Waals surface area contributed by atoms with E-state index in [1.54, 1.807) is 36.4 Å². The lowest BCUT2D eigenvalue weighted by Gasteiger charge is -2.38. The molecule has 0 saturated carbocycles. The number of carbonyl (C=O) groups is 3. The fourth-order valence-electron chi connectivity index (χ4n) is 6.17. The zero-order chi connectivity index (χ0) is 30.8. The molecule has 0 spiro atoms. The van der Waals surface area contributed by atoms with Crippen molar-refractivity contribution in [3.63, 3.8) is 0 Å². The summed E-state index contributed by atoms with van der Waals surface area (Å²) in [6, 6.07) is 17.7. The van der Waals surface area contributed by atoms with E-state index in [4.69, 9.17) is 27.9 Å². The van der Waals surface area contributed by atoms with E-state index in [9.17, 15) is 14.4 Å².